The summed E-state index contributed by atoms with van der Waals surface area (Å²) in [6.45, 7) is 1.44. The van der Waals surface area contributed by atoms with E-state index in [1.807, 2.05) is 6.92 Å². The lowest BCUT2D eigenvalue weighted by Gasteiger charge is -2.33. The Bertz CT molecular complexity index is 1210. The van der Waals surface area contributed by atoms with Crippen LogP contribution < -0.4 is 9.62 Å². The van der Waals surface area contributed by atoms with E-state index in [1.54, 1.807) is 42.5 Å². The smallest absolute Gasteiger partial charge is 0.244 e. The van der Waals surface area contributed by atoms with Crippen LogP contribution in [0.5, 0.6) is 0 Å². The van der Waals surface area contributed by atoms with Crippen molar-refractivity contribution in [2.75, 3.05) is 17.1 Å². The van der Waals surface area contributed by atoms with E-state index in [-0.39, 0.29) is 18.5 Å². The average Bonchev–Trinajstić information content (AvgIpc) is 3.32. The van der Waals surface area contributed by atoms with Crippen molar-refractivity contribution in [3.05, 3.63) is 62.5 Å². The van der Waals surface area contributed by atoms with Crippen LogP contribution in [0.2, 0.25) is 10.0 Å². The van der Waals surface area contributed by atoms with Crippen molar-refractivity contribution in [2.24, 2.45) is 0 Å². The lowest BCUT2D eigenvalue weighted by molar-refractivity contribution is -0.140. The maximum atomic E-state index is 13.7. The summed E-state index contributed by atoms with van der Waals surface area (Å²) < 4.78 is 27.0. The Balaban J connectivity index is 1.95. The zero-order valence-electron chi connectivity index (χ0n) is 20.2. The number of carbonyl (C=O) groups excluding carboxylic acids is 2. The van der Waals surface area contributed by atoms with Gasteiger partial charge in [-0.15, -0.1) is 0 Å². The topological polar surface area (TPSA) is 86.8 Å². The van der Waals surface area contributed by atoms with Gasteiger partial charge < -0.3 is 10.2 Å². The number of benzene rings is 2. The molecule has 3 rings (SSSR count). The van der Waals surface area contributed by atoms with Crippen LogP contribution in [0.3, 0.4) is 0 Å². The van der Waals surface area contributed by atoms with E-state index in [1.165, 1.54) is 4.90 Å². The highest BCUT2D eigenvalue weighted by Gasteiger charge is 2.33. The molecule has 0 aromatic heterocycles. The van der Waals surface area contributed by atoms with Gasteiger partial charge in [-0.2, -0.15) is 0 Å². The molecule has 2 aromatic rings. The van der Waals surface area contributed by atoms with Crippen LogP contribution >= 0.6 is 39.1 Å². The molecule has 1 aliphatic rings. The molecule has 11 heteroatoms. The van der Waals surface area contributed by atoms with Gasteiger partial charge in [0.05, 0.1) is 22.0 Å². The van der Waals surface area contributed by atoms with Gasteiger partial charge in [0.1, 0.15) is 12.6 Å². The maximum absolute atomic E-state index is 13.7. The molecule has 0 aliphatic heterocycles. The Hall–Kier alpha value is -1.81. The number of amides is 2. The summed E-state index contributed by atoms with van der Waals surface area (Å²) in [6, 6.07) is 11.1. The van der Waals surface area contributed by atoms with Crippen LogP contribution in [0.25, 0.3) is 0 Å². The Morgan fingerprint density at radius 1 is 1.11 bits per heavy atom. The monoisotopic (exact) mass is 617 g/mol. The minimum atomic E-state index is -3.81. The van der Waals surface area contributed by atoms with E-state index in [2.05, 4.69) is 21.2 Å². The maximum Gasteiger partial charge on any atom is 0.244 e. The molecule has 0 spiro atoms. The summed E-state index contributed by atoms with van der Waals surface area (Å²) >= 11 is 15.6. The van der Waals surface area contributed by atoms with E-state index in [4.69, 9.17) is 23.2 Å². The van der Waals surface area contributed by atoms with Crippen molar-refractivity contribution < 1.29 is 18.0 Å². The fraction of sp³-hybridized carbons (Fsp3) is 0.440. The minimum absolute atomic E-state index is 0.0693. The van der Waals surface area contributed by atoms with Gasteiger partial charge >= 0.3 is 0 Å². The fourth-order valence-corrected chi connectivity index (χ4v) is 6.17. The average molecular weight is 619 g/mol. The number of anilines is 1. The third kappa shape index (κ3) is 7.37. The largest absolute Gasteiger partial charge is 0.352 e. The summed E-state index contributed by atoms with van der Waals surface area (Å²) in [4.78, 5) is 28.5. The van der Waals surface area contributed by atoms with E-state index in [0.717, 1.165) is 36.2 Å². The highest BCUT2D eigenvalue weighted by Crippen LogP contribution is 2.29. The predicted molar refractivity (Wildman–Crippen MR) is 148 cm³/mol. The van der Waals surface area contributed by atoms with Crippen LogP contribution in [-0.2, 0) is 26.2 Å². The highest BCUT2D eigenvalue weighted by atomic mass is 79.9. The molecule has 0 heterocycles. The molecule has 0 saturated heterocycles. The minimum Gasteiger partial charge on any atom is -0.352 e. The van der Waals surface area contributed by atoms with Gasteiger partial charge in [-0.05, 0) is 65.0 Å². The number of sulfonamides is 1. The second-order valence-electron chi connectivity index (χ2n) is 8.91. The van der Waals surface area contributed by atoms with Crippen molar-refractivity contribution in [2.45, 2.75) is 57.7 Å². The number of hydrogen-bond donors (Lipinski definition) is 1. The number of hydrogen-bond acceptors (Lipinski definition) is 4. The molecule has 1 N–H and O–H groups in total. The van der Waals surface area contributed by atoms with E-state index in [9.17, 15) is 18.0 Å². The van der Waals surface area contributed by atoms with E-state index < -0.39 is 28.5 Å². The lowest BCUT2D eigenvalue weighted by atomic mass is 10.1. The van der Waals surface area contributed by atoms with Crippen LogP contribution in [0, 0.1) is 0 Å². The lowest BCUT2D eigenvalue weighted by Crippen LogP contribution is -2.53. The van der Waals surface area contributed by atoms with Crippen LogP contribution in [0.4, 0.5) is 5.69 Å². The molecule has 0 unspecified atom stereocenters. The van der Waals surface area contributed by atoms with Gasteiger partial charge in [-0.3, -0.25) is 13.9 Å². The first-order valence-corrected chi connectivity index (χ1v) is 15.2. The van der Waals surface area contributed by atoms with Gasteiger partial charge in [0.25, 0.3) is 0 Å². The van der Waals surface area contributed by atoms with Gasteiger partial charge in [-0.25, -0.2) is 8.42 Å². The summed E-state index contributed by atoms with van der Waals surface area (Å²) in [5.74, 6) is -0.750. The molecule has 1 saturated carbocycles. The van der Waals surface area contributed by atoms with Gasteiger partial charge in [0.2, 0.25) is 21.8 Å². The Kier molecular flexibility index (Phi) is 10.1. The number of para-hydroxylation sites is 1. The van der Waals surface area contributed by atoms with Crippen LogP contribution in [0.15, 0.2) is 46.9 Å². The molecule has 2 amide bonds. The van der Waals surface area contributed by atoms with Gasteiger partial charge in [-0.1, -0.05) is 61.2 Å². The SMILES string of the molecule is CC[C@H](C(=O)NC1CCCC1)N(Cc1ccc(Cl)c(Cl)c1)C(=O)CN(c1ccccc1Br)S(C)(=O)=O. The van der Waals surface area contributed by atoms with Crippen molar-refractivity contribution >= 4 is 66.7 Å². The van der Waals surface area contributed by atoms with Gasteiger partial charge in [0, 0.05) is 17.1 Å². The van der Waals surface area contributed by atoms with Gasteiger partial charge in [0.15, 0.2) is 0 Å². The number of nitrogens with one attached hydrogen (secondary N) is 1. The first kappa shape index (κ1) is 28.8. The molecule has 1 atom stereocenters. The molecule has 1 fully saturated rings. The zero-order valence-corrected chi connectivity index (χ0v) is 24.1. The predicted octanol–water partition coefficient (Wildman–Crippen LogP) is 5.39. The summed E-state index contributed by atoms with van der Waals surface area (Å²) in [7, 11) is -3.81. The number of carbonyl (C=O) groups is 2. The quantitative estimate of drug-likeness (QED) is 0.387. The van der Waals surface area contributed by atoms with E-state index in [0.29, 0.717) is 32.2 Å². The van der Waals surface area contributed by atoms with Crippen molar-refractivity contribution in [3.63, 3.8) is 0 Å². The Labute approximate surface area is 231 Å². The van der Waals surface area contributed by atoms with Crippen molar-refractivity contribution in [3.8, 4) is 0 Å². The van der Waals surface area contributed by atoms with Crippen molar-refractivity contribution in [1.29, 1.82) is 0 Å². The molecular weight excluding hydrogens is 589 g/mol. The molecule has 2 aromatic carbocycles. The molecule has 7 nitrogen and oxygen atoms in total. The summed E-state index contributed by atoms with van der Waals surface area (Å²) in [5.41, 5.74) is 1.02. The molecule has 0 radical (unpaired) electrons. The Morgan fingerprint density at radius 3 is 2.36 bits per heavy atom. The number of halogens is 3. The normalized spacial score (nSPS) is 14.9. The fourth-order valence-electron chi connectivity index (χ4n) is 4.37. The molecule has 36 heavy (non-hydrogen) atoms. The first-order valence-electron chi connectivity index (χ1n) is 11.8. The van der Waals surface area contributed by atoms with Crippen molar-refractivity contribution in [1.82, 2.24) is 10.2 Å². The third-order valence-electron chi connectivity index (χ3n) is 6.22. The summed E-state index contributed by atoms with van der Waals surface area (Å²) in [6.07, 6.45) is 5.35. The number of nitrogens with zero attached hydrogens (tertiary/aromatic N) is 2. The molecule has 1 aliphatic carbocycles. The second-order valence-corrected chi connectivity index (χ2v) is 12.5. The standard InChI is InChI=1S/C25H30BrCl2N3O4S/c1-3-22(25(33)29-18-8-4-5-9-18)30(15-17-12-13-20(27)21(28)14-17)24(32)16-31(36(2,34)35)23-11-7-6-10-19(23)26/h6-7,10-14,18,22H,3-5,8-9,15-16H2,1-2H3,(H,29,33)/t22-/m1/s1. The third-order valence-corrected chi connectivity index (χ3v) is 8.76. The van der Waals surface area contributed by atoms with Crippen LogP contribution in [0.1, 0.15) is 44.6 Å². The highest BCUT2D eigenvalue weighted by molar-refractivity contribution is 9.10. The summed E-state index contributed by atoms with van der Waals surface area (Å²) in [5, 5.41) is 3.78. The number of rotatable bonds is 10. The zero-order chi connectivity index (χ0) is 26.5. The van der Waals surface area contributed by atoms with Crippen LogP contribution in [-0.4, -0.2) is 50.0 Å². The Morgan fingerprint density at radius 2 is 1.78 bits per heavy atom. The van der Waals surface area contributed by atoms with E-state index >= 15 is 0 Å². The molecular formula is C25H30BrCl2N3O4S. The first-order chi connectivity index (χ1) is 17.0. The molecule has 0 bridgehead atoms. The second kappa shape index (κ2) is 12.6. The molecule has 196 valence electrons.